The first-order chi connectivity index (χ1) is 8.65. The quantitative estimate of drug-likeness (QED) is 0.452. The normalized spacial score (nSPS) is 10.4. The van der Waals surface area contributed by atoms with Gasteiger partial charge in [-0.25, -0.2) is 0 Å². The lowest BCUT2D eigenvalue weighted by molar-refractivity contribution is -0.123. The van der Waals surface area contributed by atoms with Gasteiger partial charge in [-0.3, -0.25) is 10.0 Å². The molecule has 100 valence electrons. The molecule has 4 heteroatoms. The fourth-order valence-electron chi connectivity index (χ4n) is 1.71. The third-order valence-electron chi connectivity index (χ3n) is 2.80. The van der Waals surface area contributed by atoms with Crippen LogP contribution in [0.5, 0.6) is 0 Å². The Kier molecular flexibility index (Phi) is 6.76. The molecular weight excluding hydrogens is 250 g/mol. The van der Waals surface area contributed by atoms with Crippen molar-refractivity contribution >= 4 is 23.2 Å². The molecule has 1 amide bonds. The van der Waals surface area contributed by atoms with Gasteiger partial charge in [0.2, 0.25) is 0 Å². The molecule has 0 aromatic heterocycles. The summed E-state index contributed by atoms with van der Waals surface area (Å²) in [5, 5.41) is 11.0. The van der Waals surface area contributed by atoms with Gasteiger partial charge in [0.25, 0.3) is 5.91 Å². The molecule has 0 unspecified atom stereocenters. The smallest absolute Gasteiger partial charge is 0.250 e. The van der Waals surface area contributed by atoms with Crippen LogP contribution in [0.25, 0.3) is 0 Å². The van der Waals surface area contributed by atoms with Crippen LogP contribution in [-0.4, -0.2) is 11.1 Å². The second-order valence-electron chi connectivity index (χ2n) is 4.35. The van der Waals surface area contributed by atoms with E-state index in [4.69, 9.17) is 11.6 Å². The van der Waals surface area contributed by atoms with Gasteiger partial charge in [-0.1, -0.05) is 44.2 Å². The molecule has 0 heterocycles. The highest BCUT2D eigenvalue weighted by Gasteiger charge is 2.12. The van der Waals surface area contributed by atoms with E-state index in [-0.39, 0.29) is 5.91 Å². The summed E-state index contributed by atoms with van der Waals surface area (Å²) < 4.78 is 0. The first-order valence-electron chi connectivity index (χ1n) is 6.42. The van der Waals surface area contributed by atoms with Crippen molar-refractivity contribution < 1.29 is 10.0 Å². The predicted octanol–water partition coefficient (Wildman–Crippen LogP) is 4.42. The Morgan fingerprint density at radius 2 is 1.78 bits per heavy atom. The topological polar surface area (TPSA) is 40.5 Å². The molecule has 1 aromatic rings. The fraction of sp³-hybridized carbons (Fsp3) is 0.500. The number of benzene rings is 1. The Morgan fingerprint density at radius 3 is 2.39 bits per heavy atom. The summed E-state index contributed by atoms with van der Waals surface area (Å²) in [6.45, 7) is 2.15. The zero-order valence-corrected chi connectivity index (χ0v) is 11.5. The minimum Gasteiger partial charge on any atom is -0.281 e. The van der Waals surface area contributed by atoms with E-state index in [1.54, 1.807) is 24.3 Å². The van der Waals surface area contributed by atoms with Crippen molar-refractivity contribution in [3.8, 4) is 0 Å². The van der Waals surface area contributed by atoms with Crippen LogP contribution in [-0.2, 0) is 4.79 Å². The average Bonchev–Trinajstić information content (AvgIpc) is 2.38. The van der Waals surface area contributed by atoms with E-state index in [0.717, 1.165) is 19.3 Å². The minimum atomic E-state index is -0.270. The van der Waals surface area contributed by atoms with Gasteiger partial charge >= 0.3 is 0 Å². The van der Waals surface area contributed by atoms with Crippen LogP contribution < -0.4 is 5.06 Å². The summed E-state index contributed by atoms with van der Waals surface area (Å²) >= 11 is 5.74. The zero-order valence-electron chi connectivity index (χ0n) is 10.7. The molecule has 0 saturated heterocycles. The molecule has 18 heavy (non-hydrogen) atoms. The van der Waals surface area contributed by atoms with Gasteiger partial charge in [0.05, 0.1) is 5.69 Å². The molecule has 0 spiro atoms. The SMILES string of the molecule is CCCCCCCC(=O)N(O)c1ccc(Cl)cc1. The Morgan fingerprint density at radius 1 is 1.17 bits per heavy atom. The number of carbonyl (C=O) groups is 1. The maximum absolute atomic E-state index is 11.7. The molecule has 1 rings (SSSR count). The van der Waals surface area contributed by atoms with Crippen molar-refractivity contribution in [2.24, 2.45) is 0 Å². The number of hydroxylamine groups is 1. The van der Waals surface area contributed by atoms with Gasteiger partial charge in [-0.05, 0) is 30.7 Å². The molecule has 0 aliphatic rings. The van der Waals surface area contributed by atoms with E-state index < -0.39 is 0 Å². The molecule has 0 atom stereocenters. The van der Waals surface area contributed by atoms with Crippen molar-refractivity contribution in [1.29, 1.82) is 0 Å². The molecule has 0 aliphatic carbocycles. The highest BCUT2D eigenvalue weighted by atomic mass is 35.5. The number of halogens is 1. The van der Waals surface area contributed by atoms with Crippen LogP contribution in [0, 0.1) is 0 Å². The number of anilines is 1. The summed E-state index contributed by atoms with van der Waals surface area (Å²) in [5.41, 5.74) is 0.456. The first kappa shape index (κ1) is 15.0. The summed E-state index contributed by atoms with van der Waals surface area (Å²) in [5.74, 6) is -0.270. The second kappa shape index (κ2) is 8.11. The van der Waals surface area contributed by atoms with E-state index in [1.807, 2.05) is 0 Å². The molecule has 0 fully saturated rings. The van der Waals surface area contributed by atoms with Crippen LogP contribution >= 0.6 is 11.6 Å². The van der Waals surface area contributed by atoms with E-state index in [1.165, 1.54) is 12.8 Å². The van der Waals surface area contributed by atoms with Crippen molar-refractivity contribution in [3.63, 3.8) is 0 Å². The van der Waals surface area contributed by atoms with Crippen LogP contribution in [0.3, 0.4) is 0 Å². The molecule has 0 saturated carbocycles. The predicted molar refractivity (Wildman–Crippen MR) is 74.1 cm³/mol. The maximum Gasteiger partial charge on any atom is 0.250 e. The Balaban J connectivity index is 2.34. The average molecular weight is 270 g/mol. The highest BCUT2D eigenvalue weighted by Crippen LogP contribution is 2.18. The number of hydrogen-bond donors (Lipinski definition) is 1. The van der Waals surface area contributed by atoms with E-state index in [0.29, 0.717) is 22.2 Å². The highest BCUT2D eigenvalue weighted by molar-refractivity contribution is 6.30. The third kappa shape index (κ3) is 5.07. The number of hydrogen-bond acceptors (Lipinski definition) is 2. The minimum absolute atomic E-state index is 0.270. The maximum atomic E-state index is 11.7. The Labute approximate surface area is 113 Å². The van der Waals surface area contributed by atoms with Gasteiger partial charge in [0.15, 0.2) is 0 Å². The molecular formula is C14H20ClNO2. The molecule has 1 N–H and O–H groups in total. The Hall–Kier alpha value is -1.06. The number of nitrogens with zero attached hydrogens (tertiary/aromatic N) is 1. The molecule has 0 aliphatic heterocycles. The van der Waals surface area contributed by atoms with Crippen LogP contribution in [0.1, 0.15) is 45.4 Å². The van der Waals surface area contributed by atoms with Crippen molar-refractivity contribution in [1.82, 2.24) is 0 Å². The van der Waals surface area contributed by atoms with Crippen LogP contribution in [0.2, 0.25) is 5.02 Å². The van der Waals surface area contributed by atoms with E-state index in [2.05, 4.69) is 6.92 Å². The molecule has 1 aromatic carbocycles. The first-order valence-corrected chi connectivity index (χ1v) is 6.80. The molecule has 0 bridgehead atoms. The lowest BCUT2D eigenvalue weighted by atomic mass is 10.1. The van der Waals surface area contributed by atoms with Crippen molar-refractivity contribution in [2.75, 3.05) is 5.06 Å². The van der Waals surface area contributed by atoms with Crippen LogP contribution in [0.4, 0.5) is 5.69 Å². The van der Waals surface area contributed by atoms with E-state index >= 15 is 0 Å². The second-order valence-corrected chi connectivity index (χ2v) is 4.78. The lowest BCUT2D eigenvalue weighted by Crippen LogP contribution is -2.26. The summed E-state index contributed by atoms with van der Waals surface area (Å²) in [6, 6.07) is 6.54. The number of rotatable bonds is 7. The summed E-state index contributed by atoms with van der Waals surface area (Å²) in [4.78, 5) is 11.7. The molecule has 3 nitrogen and oxygen atoms in total. The van der Waals surface area contributed by atoms with Gasteiger partial charge in [-0.2, -0.15) is 5.06 Å². The van der Waals surface area contributed by atoms with Gasteiger partial charge in [-0.15, -0.1) is 0 Å². The zero-order chi connectivity index (χ0) is 13.4. The Bertz CT molecular complexity index is 365. The molecule has 0 radical (unpaired) electrons. The van der Waals surface area contributed by atoms with Gasteiger partial charge < -0.3 is 0 Å². The van der Waals surface area contributed by atoms with Crippen LogP contribution in [0.15, 0.2) is 24.3 Å². The van der Waals surface area contributed by atoms with Crippen molar-refractivity contribution in [2.45, 2.75) is 45.4 Å². The van der Waals surface area contributed by atoms with Gasteiger partial charge in [0.1, 0.15) is 0 Å². The van der Waals surface area contributed by atoms with E-state index in [9.17, 15) is 10.0 Å². The van der Waals surface area contributed by atoms with Crippen molar-refractivity contribution in [3.05, 3.63) is 29.3 Å². The third-order valence-corrected chi connectivity index (χ3v) is 3.05. The lowest BCUT2D eigenvalue weighted by Gasteiger charge is -2.14. The van der Waals surface area contributed by atoms with Gasteiger partial charge in [0, 0.05) is 11.4 Å². The largest absolute Gasteiger partial charge is 0.281 e. The monoisotopic (exact) mass is 269 g/mol. The summed E-state index contributed by atoms with van der Waals surface area (Å²) in [7, 11) is 0. The number of carbonyl (C=O) groups excluding carboxylic acids is 1. The fourth-order valence-corrected chi connectivity index (χ4v) is 1.84. The summed E-state index contributed by atoms with van der Waals surface area (Å²) in [6.07, 6.45) is 5.77. The standard InChI is InChI=1S/C14H20ClNO2/c1-2-3-4-5-6-7-14(17)16(18)13-10-8-12(15)9-11-13/h8-11,18H,2-7H2,1H3. The number of unbranched alkanes of at least 4 members (excludes halogenated alkanes) is 4. The number of amides is 1.